The van der Waals surface area contributed by atoms with Gasteiger partial charge >= 0.3 is 0 Å². The number of hydrogen-bond donors (Lipinski definition) is 1. The van der Waals surface area contributed by atoms with E-state index in [1.807, 2.05) is 11.3 Å². The molecule has 1 fully saturated rings. The summed E-state index contributed by atoms with van der Waals surface area (Å²) in [6.45, 7) is 3.08. The first-order valence-electron chi connectivity index (χ1n) is 5.07. The van der Waals surface area contributed by atoms with Crippen molar-refractivity contribution in [2.24, 2.45) is 11.7 Å². The van der Waals surface area contributed by atoms with Gasteiger partial charge in [0.05, 0.1) is 0 Å². The molecular formula is C11H17NS. The number of thiophene rings is 1. The molecule has 2 heteroatoms. The van der Waals surface area contributed by atoms with E-state index in [0.29, 0.717) is 0 Å². The van der Waals surface area contributed by atoms with E-state index in [9.17, 15) is 0 Å². The maximum atomic E-state index is 5.78. The average molecular weight is 195 g/mol. The zero-order valence-corrected chi connectivity index (χ0v) is 8.94. The molecule has 0 amide bonds. The van der Waals surface area contributed by atoms with Gasteiger partial charge in [0, 0.05) is 4.88 Å². The normalized spacial score (nSPS) is 28.2. The zero-order valence-electron chi connectivity index (χ0n) is 8.12. The molecule has 2 atom stereocenters. The Morgan fingerprint density at radius 1 is 1.54 bits per heavy atom. The molecule has 0 bridgehead atoms. The molecule has 2 unspecified atom stereocenters. The lowest BCUT2D eigenvalue weighted by atomic mass is 9.93. The van der Waals surface area contributed by atoms with Crippen molar-refractivity contribution in [3.05, 3.63) is 21.9 Å². The first-order valence-corrected chi connectivity index (χ1v) is 5.95. The summed E-state index contributed by atoms with van der Waals surface area (Å²) in [5, 5.41) is 2.20. The minimum absolute atomic E-state index is 0.748. The fourth-order valence-electron chi connectivity index (χ4n) is 2.43. The molecule has 2 N–H and O–H groups in total. The van der Waals surface area contributed by atoms with Crippen LogP contribution in [0.15, 0.2) is 11.4 Å². The summed E-state index contributed by atoms with van der Waals surface area (Å²) in [6.07, 6.45) is 4.05. The molecule has 1 saturated carbocycles. The highest BCUT2D eigenvalue weighted by Crippen LogP contribution is 2.42. The lowest BCUT2D eigenvalue weighted by molar-refractivity contribution is 0.500. The first kappa shape index (κ1) is 9.22. The third kappa shape index (κ3) is 1.65. The van der Waals surface area contributed by atoms with Crippen LogP contribution in [0.1, 0.15) is 35.6 Å². The fraction of sp³-hybridized carbons (Fsp3) is 0.636. The zero-order chi connectivity index (χ0) is 9.26. The Morgan fingerprint density at radius 2 is 2.38 bits per heavy atom. The molecule has 1 aliphatic carbocycles. The lowest BCUT2D eigenvalue weighted by Crippen LogP contribution is -2.16. The second-order valence-corrected chi connectivity index (χ2v) is 4.95. The van der Waals surface area contributed by atoms with Gasteiger partial charge in [-0.2, -0.15) is 0 Å². The minimum Gasteiger partial charge on any atom is -0.330 e. The van der Waals surface area contributed by atoms with Crippen LogP contribution < -0.4 is 5.73 Å². The second kappa shape index (κ2) is 3.81. The quantitative estimate of drug-likeness (QED) is 0.771. The molecule has 0 aliphatic heterocycles. The molecule has 1 aromatic rings. The molecule has 72 valence electrons. The summed E-state index contributed by atoms with van der Waals surface area (Å²) in [7, 11) is 0. The summed E-state index contributed by atoms with van der Waals surface area (Å²) in [6, 6.07) is 2.23. The van der Waals surface area contributed by atoms with Gasteiger partial charge in [0.2, 0.25) is 0 Å². The van der Waals surface area contributed by atoms with E-state index in [0.717, 1.165) is 18.4 Å². The molecule has 2 rings (SSSR count). The van der Waals surface area contributed by atoms with Gasteiger partial charge in [0.25, 0.3) is 0 Å². The molecule has 13 heavy (non-hydrogen) atoms. The Hall–Kier alpha value is -0.340. The fourth-order valence-corrected chi connectivity index (χ4v) is 3.59. The first-order chi connectivity index (χ1) is 6.33. The molecule has 0 saturated heterocycles. The topological polar surface area (TPSA) is 26.0 Å². The molecule has 1 aromatic heterocycles. The van der Waals surface area contributed by atoms with E-state index in [2.05, 4.69) is 18.4 Å². The lowest BCUT2D eigenvalue weighted by Gasteiger charge is -2.17. The van der Waals surface area contributed by atoms with Crippen LogP contribution in [0.5, 0.6) is 0 Å². The highest BCUT2D eigenvalue weighted by atomic mass is 32.1. The van der Waals surface area contributed by atoms with Crippen molar-refractivity contribution >= 4 is 11.3 Å². The van der Waals surface area contributed by atoms with E-state index in [1.165, 1.54) is 24.8 Å². The van der Waals surface area contributed by atoms with Crippen LogP contribution in [0.2, 0.25) is 0 Å². The third-order valence-corrected chi connectivity index (χ3v) is 4.35. The van der Waals surface area contributed by atoms with Crippen LogP contribution in [0.4, 0.5) is 0 Å². The average Bonchev–Trinajstić information content (AvgIpc) is 2.71. The van der Waals surface area contributed by atoms with Crippen LogP contribution in [-0.2, 0) is 0 Å². The summed E-state index contributed by atoms with van der Waals surface area (Å²) < 4.78 is 0. The summed E-state index contributed by atoms with van der Waals surface area (Å²) in [4.78, 5) is 1.59. The van der Waals surface area contributed by atoms with Crippen LogP contribution in [0, 0.1) is 12.8 Å². The van der Waals surface area contributed by atoms with Gasteiger partial charge in [-0.05, 0) is 55.2 Å². The van der Waals surface area contributed by atoms with Gasteiger partial charge in [0.15, 0.2) is 0 Å². The SMILES string of the molecule is Cc1ccsc1C1CCCC1CN. The Morgan fingerprint density at radius 3 is 3.00 bits per heavy atom. The minimum atomic E-state index is 0.748. The maximum absolute atomic E-state index is 5.78. The Balaban J connectivity index is 2.20. The van der Waals surface area contributed by atoms with Crippen molar-refractivity contribution in [2.45, 2.75) is 32.1 Å². The predicted molar refractivity (Wildman–Crippen MR) is 58.2 cm³/mol. The highest BCUT2D eigenvalue weighted by Gasteiger charge is 2.28. The molecule has 1 nitrogen and oxygen atoms in total. The van der Waals surface area contributed by atoms with Crippen molar-refractivity contribution in [3.8, 4) is 0 Å². The standard InChI is InChI=1S/C11H17NS/c1-8-5-6-13-11(8)10-4-2-3-9(10)7-12/h5-6,9-10H,2-4,7,12H2,1H3. The Labute approximate surface area is 84.0 Å². The van der Waals surface area contributed by atoms with Crippen LogP contribution in [-0.4, -0.2) is 6.54 Å². The van der Waals surface area contributed by atoms with Gasteiger partial charge in [-0.3, -0.25) is 0 Å². The second-order valence-electron chi connectivity index (χ2n) is 4.00. The van der Waals surface area contributed by atoms with E-state index in [-0.39, 0.29) is 0 Å². The number of rotatable bonds is 2. The van der Waals surface area contributed by atoms with Crippen LogP contribution in [0.25, 0.3) is 0 Å². The van der Waals surface area contributed by atoms with Crippen molar-refractivity contribution in [2.75, 3.05) is 6.54 Å². The van der Waals surface area contributed by atoms with Crippen LogP contribution in [0.3, 0.4) is 0 Å². The largest absolute Gasteiger partial charge is 0.330 e. The summed E-state index contributed by atoms with van der Waals surface area (Å²) >= 11 is 1.91. The molecule has 1 aliphatic rings. The Kier molecular flexibility index (Phi) is 2.70. The van der Waals surface area contributed by atoms with Gasteiger partial charge in [0.1, 0.15) is 0 Å². The van der Waals surface area contributed by atoms with Crippen molar-refractivity contribution in [1.29, 1.82) is 0 Å². The summed E-state index contributed by atoms with van der Waals surface area (Å²) in [5.41, 5.74) is 7.25. The van der Waals surface area contributed by atoms with Crippen molar-refractivity contribution < 1.29 is 0 Å². The van der Waals surface area contributed by atoms with E-state index in [4.69, 9.17) is 5.73 Å². The summed E-state index contributed by atoms with van der Waals surface area (Å²) in [5.74, 6) is 1.52. The van der Waals surface area contributed by atoms with Crippen molar-refractivity contribution in [1.82, 2.24) is 0 Å². The highest BCUT2D eigenvalue weighted by molar-refractivity contribution is 7.10. The van der Waals surface area contributed by atoms with Gasteiger partial charge in [-0.25, -0.2) is 0 Å². The molecule has 0 radical (unpaired) electrons. The van der Waals surface area contributed by atoms with E-state index >= 15 is 0 Å². The third-order valence-electron chi connectivity index (χ3n) is 3.20. The van der Waals surface area contributed by atoms with Gasteiger partial charge in [-0.1, -0.05) is 6.42 Å². The number of nitrogens with two attached hydrogens (primary N) is 1. The van der Waals surface area contributed by atoms with Gasteiger partial charge < -0.3 is 5.73 Å². The number of hydrogen-bond acceptors (Lipinski definition) is 2. The smallest absolute Gasteiger partial charge is 0.0109 e. The van der Waals surface area contributed by atoms with Crippen LogP contribution >= 0.6 is 11.3 Å². The predicted octanol–water partition coefficient (Wildman–Crippen LogP) is 2.90. The Bertz CT molecular complexity index is 279. The molecular weight excluding hydrogens is 178 g/mol. The van der Waals surface area contributed by atoms with E-state index < -0.39 is 0 Å². The van der Waals surface area contributed by atoms with Crippen molar-refractivity contribution in [3.63, 3.8) is 0 Å². The van der Waals surface area contributed by atoms with Gasteiger partial charge in [-0.15, -0.1) is 11.3 Å². The molecule has 1 heterocycles. The molecule has 0 aromatic carbocycles. The monoisotopic (exact) mass is 195 g/mol. The van der Waals surface area contributed by atoms with E-state index in [1.54, 1.807) is 4.88 Å². The maximum Gasteiger partial charge on any atom is 0.0109 e. The molecule has 0 spiro atoms. The number of aryl methyl sites for hydroxylation is 1.